The van der Waals surface area contributed by atoms with Crippen LogP contribution in [0.25, 0.3) is 6.08 Å². The van der Waals surface area contributed by atoms with Gasteiger partial charge in [-0.1, -0.05) is 18.7 Å². The number of amides is 2. The maximum atomic E-state index is 12.6. The molecule has 0 aliphatic carbocycles. The van der Waals surface area contributed by atoms with Crippen molar-refractivity contribution in [1.82, 2.24) is 4.90 Å². The number of hydrogen-bond donors (Lipinski definition) is 0. The number of ether oxygens (including phenoxy) is 2. The van der Waals surface area contributed by atoms with Crippen molar-refractivity contribution in [3.8, 4) is 5.75 Å². The van der Waals surface area contributed by atoms with Crippen molar-refractivity contribution in [2.45, 2.75) is 6.54 Å². The maximum Gasteiger partial charge on any atom is 0.373 e. The second-order valence-electron chi connectivity index (χ2n) is 5.81. The Bertz CT molecular complexity index is 1010. The van der Waals surface area contributed by atoms with Crippen LogP contribution in [0, 0.1) is 0 Å². The van der Waals surface area contributed by atoms with Gasteiger partial charge in [0.05, 0.1) is 23.0 Å². The molecule has 1 saturated heterocycles. The Morgan fingerprint density at radius 1 is 1.31 bits per heavy atom. The number of halogens is 1. The topological polar surface area (TPSA) is 86.1 Å². The van der Waals surface area contributed by atoms with Gasteiger partial charge in [0, 0.05) is 0 Å². The van der Waals surface area contributed by atoms with Gasteiger partial charge in [-0.05, 0) is 63.6 Å². The van der Waals surface area contributed by atoms with Gasteiger partial charge in [0.1, 0.15) is 18.1 Å². The van der Waals surface area contributed by atoms with Gasteiger partial charge in [-0.25, -0.2) is 4.79 Å². The molecule has 0 spiro atoms. The summed E-state index contributed by atoms with van der Waals surface area (Å²) in [5.74, 6) is -0.0982. The van der Waals surface area contributed by atoms with Gasteiger partial charge >= 0.3 is 5.97 Å². The van der Waals surface area contributed by atoms with Gasteiger partial charge in [0.2, 0.25) is 5.76 Å². The van der Waals surface area contributed by atoms with Gasteiger partial charge in [-0.15, -0.1) is 0 Å². The summed E-state index contributed by atoms with van der Waals surface area (Å²) in [5, 5.41) is -0.415. The molecule has 1 aromatic carbocycles. The lowest BCUT2D eigenvalue weighted by atomic mass is 10.2. The molecule has 7 nitrogen and oxygen atoms in total. The molecule has 1 aromatic heterocycles. The third kappa shape index (κ3) is 4.80. The number of methoxy groups -OCH3 is 1. The van der Waals surface area contributed by atoms with E-state index in [1.807, 2.05) is 0 Å². The predicted molar refractivity (Wildman–Crippen MR) is 111 cm³/mol. The van der Waals surface area contributed by atoms with Crippen LogP contribution in [0.4, 0.5) is 4.79 Å². The molecule has 150 valence electrons. The summed E-state index contributed by atoms with van der Waals surface area (Å²) in [4.78, 5) is 37.7. The van der Waals surface area contributed by atoms with E-state index < -0.39 is 17.1 Å². The van der Waals surface area contributed by atoms with Crippen molar-refractivity contribution in [1.29, 1.82) is 0 Å². The van der Waals surface area contributed by atoms with Crippen molar-refractivity contribution in [3.63, 3.8) is 0 Å². The minimum atomic E-state index is -0.628. The molecule has 1 fully saturated rings. The number of carbonyl (C=O) groups excluding carboxylic acids is 3. The Kier molecular flexibility index (Phi) is 6.60. The quantitative estimate of drug-likeness (QED) is 0.326. The highest BCUT2D eigenvalue weighted by atomic mass is 79.9. The average molecular weight is 478 g/mol. The number of thioether (sulfide) groups is 1. The Morgan fingerprint density at radius 3 is 2.79 bits per heavy atom. The van der Waals surface area contributed by atoms with E-state index in [9.17, 15) is 14.4 Å². The molecule has 0 unspecified atom stereocenters. The first-order valence-electron chi connectivity index (χ1n) is 8.38. The fourth-order valence-electron chi connectivity index (χ4n) is 2.49. The van der Waals surface area contributed by atoms with Crippen LogP contribution in [0.5, 0.6) is 5.75 Å². The Morgan fingerprint density at radius 2 is 2.10 bits per heavy atom. The highest BCUT2D eigenvalue weighted by Gasteiger charge is 2.35. The van der Waals surface area contributed by atoms with Crippen molar-refractivity contribution in [2.75, 3.05) is 13.7 Å². The highest BCUT2D eigenvalue weighted by Crippen LogP contribution is 2.35. The molecule has 3 rings (SSSR count). The standard InChI is InChI=1S/C20H16BrNO6S/c1-3-8-27-15-6-4-12(9-14(15)21)10-17-18(23)22(20(25)29-17)11-13-5-7-16(28-13)19(24)26-2/h3-7,9-10H,1,8,11H2,2H3. The van der Waals surface area contributed by atoms with Crippen molar-refractivity contribution < 1.29 is 28.3 Å². The normalized spacial score (nSPS) is 15.1. The zero-order valence-corrected chi connectivity index (χ0v) is 17.7. The first-order chi connectivity index (χ1) is 13.9. The van der Waals surface area contributed by atoms with Crippen LogP contribution in [0.1, 0.15) is 21.9 Å². The van der Waals surface area contributed by atoms with Gasteiger partial charge in [-0.3, -0.25) is 14.5 Å². The van der Waals surface area contributed by atoms with Gasteiger partial charge in [-0.2, -0.15) is 0 Å². The second-order valence-corrected chi connectivity index (χ2v) is 7.66. The average Bonchev–Trinajstić information content (AvgIpc) is 3.27. The lowest BCUT2D eigenvalue weighted by molar-refractivity contribution is -0.123. The molecule has 2 amide bonds. The van der Waals surface area contributed by atoms with E-state index in [1.165, 1.54) is 19.2 Å². The number of benzene rings is 1. The van der Waals surface area contributed by atoms with E-state index in [-0.39, 0.29) is 12.3 Å². The van der Waals surface area contributed by atoms with Crippen molar-refractivity contribution in [3.05, 3.63) is 69.4 Å². The van der Waals surface area contributed by atoms with Gasteiger partial charge < -0.3 is 13.9 Å². The third-order valence-electron chi connectivity index (χ3n) is 3.85. The molecule has 0 atom stereocenters. The first-order valence-corrected chi connectivity index (χ1v) is 9.99. The van der Waals surface area contributed by atoms with E-state index in [0.29, 0.717) is 23.0 Å². The van der Waals surface area contributed by atoms with E-state index in [4.69, 9.17) is 9.15 Å². The number of hydrogen-bond acceptors (Lipinski definition) is 7. The van der Waals surface area contributed by atoms with Crippen LogP contribution in [0.3, 0.4) is 0 Å². The minimum absolute atomic E-state index is 0.00799. The smallest absolute Gasteiger partial charge is 0.373 e. The molecular weight excluding hydrogens is 462 g/mol. The van der Waals surface area contributed by atoms with Crippen LogP contribution in [-0.4, -0.2) is 35.7 Å². The Hall–Kier alpha value is -2.78. The molecule has 9 heteroatoms. The number of nitrogens with zero attached hydrogens (tertiary/aromatic N) is 1. The van der Waals surface area contributed by atoms with E-state index >= 15 is 0 Å². The van der Waals surface area contributed by atoms with Crippen LogP contribution < -0.4 is 4.74 Å². The number of furan rings is 1. The second kappa shape index (κ2) is 9.15. The van der Waals surface area contributed by atoms with E-state index in [1.54, 1.807) is 30.4 Å². The summed E-state index contributed by atoms with van der Waals surface area (Å²) in [7, 11) is 1.24. The molecule has 2 aromatic rings. The molecule has 0 radical (unpaired) electrons. The lowest BCUT2D eigenvalue weighted by Crippen LogP contribution is -2.27. The molecule has 0 saturated carbocycles. The van der Waals surface area contributed by atoms with Crippen LogP contribution >= 0.6 is 27.7 Å². The first kappa shape index (κ1) is 20.9. The molecule has 2 heterocycles. The third-order valence-corrected chi connectivity index (χ3v) is 5.37. The molecule has 0 bridgehead atoms. The molecule has 0 N–H and O–H groups in total. The van der Waals surface area contributed by atoms with Gasteiger partial charge in [0.25, 0.3) is 11.1 Å². The van der Waals surface area contributed by atoms with Crippen LogP contribution in [-0.2, 0) is 16.1 Å². The van der Waals surface area contributed by atoms with Gasteiger partial charge in [0.15, 0.2) is 0 Å². The Balaban J connectivity index is 1.74. The summed E-state index contributed by atoms with van der Waals surface area (Å²) in [5.41, 5.74) is 0.735. The van der Waals surface area contributed by atoms with Crippen molar-refractivity contribution in [2.24, 2.45) is 0 Å². The minimum Gasteiger partial charge on any atom is -0.488 e. The fraction of sp³-hybridized carbons (Fsp3) is 0.150. The van der Waals surface area contributed by atoms with E-state index in [2.05, 4.69) is 27.2 Å². The number of imide groups is 1. The summed E-state index contributed by atoms with van der Waals surface area (Å²) < 4.78 is 16.1. The van der Waals surface area contributed by atoms with E-state index in [0.717, 1.165) is 26.7 Å². The number of carbonyl (C=O) groups is 3. The zero-order valence-electron chi connectivity index (χ0n) is 15.3. The van der Waals surface area contributed by atoms with Crippen LogP contribution in [0.2, 0.25) is 0 Å². The Labute approximate surface area is 179 Å². The van der Waals surface area contributed by atoms with Crippen LogP contribution in [0.15, 0.2) is 56.8 Å². The number of rotatable bonds is 7. The lowest BCUT2D eigenvalue weighted by Gasteiger charge is -2.10. The summed E-state index contributed by atoms with van der Waals surface area (Å²) in [6, 6.07) is 8.30. The monoisotopic (exact) mass is 477 g/mol. The largest absolute Gasteiger partial charge is 0.488 e. The summed E-state index contributed by atoms with van der Waals surface area (Å²) in [6.07, 6.45) is 3.28. The SMILES string of the molecule is C=CCOc1ccc(C=C2SC(=O)N(Cc3ccc(C(=O)OC)o3)C2=O)cc1Br. The molecule has 1 aliphatic heterocycles. The summed E-state index contributed by atoms with van der Waals surface area (Å²) >= 11 is 4.26. The number of esters is 1. The maximum absolute atomic E-state index is 12.6. The zero-order chi connectivity index (χ0) is 21.0. The molecule has 1 aliphatic rings. The fourth-order valence-corrected chi connectivity index (χ4v) is 3.84. The highest BCUT2D eigenvalue weighted by molar-refractivity contribution is 9.10. The van der Waals surface area contributed by atoms with Crippen molar-refractivity contribution >= 4 is 50.9 Å². The molecular formula is C20H16BrNO6S. The predicted octanol–water partition coefficient (Wildman–Crippen LogP) is 4.63. The summed E-state index contributed by atoms with van der Waals surface area (Å²) in [6.45, 7) is 3.91. The molecule has 29 heavy (non-hydrogen) atoms.